The molecule has 4 nitrogen and oxygen atoms in total. The molecule has 4 aromatic carbocycles. The molecule has 0 saturated heterocycles. The summed E-state index contributed by atoms with van der Waals surface area (Å²) < 4.78 is 10.9. The monoisotopic (exact) mass is 422 g/mol. The van der Waals surface area contributed by atoms with Crippen molar-refractivity contribution in [2.75, 3.05) is 0 Å². The molecule has 0 fully saturated rings. The maximum atomic E-state index is 11.8. The molecule has 0 aromatic heterocycles. The second kappa shape index (κ2) is 9.31. The maximum Gasteiger partial charge on any atom is 0.308 e. The van der Waals surface area contributed by atoms with Gasteiger partial charge in [0.2, 0.25) is 0 Å². The third-order valence-corrected chi connectivity index (χ3v) is 4.96. The van der Waals surface area contributed by atoms with Gasteiger partial charge >= 0.3 is 11.9 Å². The molecule has 0 N–H and O–H groups in total. The summed E-state index contributed by atoms with van der Waals surface area (Å²) in [4.78, 5) is 23.5. The smallest absolute Gasteiger partial charge is 0.308 e. The minimum absolute atomic E-state index is 0.207. The summed E-state index contributed by atoms with van der Waals surface area (Å²) in [6.45, 7) is 2.64. The Morgan fingerprint density at radius 1 is 0.656 bits per heavy atom. The molecular formula is C28H22O4. The first-order chi connectivity index (χ1) is 15.5. The van der Waals surface area contributed by atoms with Crippen LogP contribution in [0.15, 0.2) is 91.0 Å². The van der Waals surface area contributed by atoms with Gasteiger partial charge in [0.05, 0.1) is 0 Å². The van der Waals surface area contributed by atoms with Gasteiger partial charge in [-0.25, -0.2) is 0 Å². The fraction of sp³-hybridized carbons (Fsp3) is 0.0714. The van der Waals surface area contributed by atoms with Crippen LogP contribution in [-0.2, 0) is 9.59 Å². The van der Waals surface area contributed by atoms with Crippen molar-refractivity contribution in [2.45, 2.75) is 13.8 Å². The molecule has 4 heteroatoms. The van der Waals surface area contributed by atoms with E-state index in [1.807, 2.05) is 60.7 Å². The normalized spacial score (nSPS) is 10.4. The zero-order chi connectivity index (χ0) is 22.5. The molecule has 4 rings (SSSR count). The zero-order valence-corrected chi connectivity index (χ0v) is 17.9. The topological polar surface area (TPSA) is 52.6 Å². The summed E-state index contributed by atoms with van der Waals surface area (Å²) in [5.74, 6) is -0.532. The van der Waals surface area contributed by atoms with E-state index < -0.39 is 11.9 Å². The highest BCUT2D eigenvalue weighted by Gasteiger charge is 2.18. The van der Waals surface area contributed by atoms with Gasteiger partial charge in [-0.15, -0.1) is 0 Å². The van der Waals surface area contributed by atoms with Crippen LogP contribution in [0.2, 0.25) is 0 Å². The van der Waals surface area contributed by atoms with Crippen LogP contribution in [0.25, 0.3) is 22.4 Å². The summed E-state index contributed by atoms with van der Waals surface area (Å²) in [6.07, 6.45) is 2.07. The Kier molecular flexibility index (Phi) is 6.13. The number of hydrogen-bond acceptors (Lipinski definition) is 4. The standard InChI is InChI=1S/C28H22O4/c1-19(29)31-27-18-23(24-15-9-10-16-25(24)28(27)32-20(2)30)17-26(21-11-5-3-6-12-21)22-13-7-4-8-14-22/h3-18H,1-2H3. The molecular weight excluding hydrogens is 400 g/mol. The number of rotatable bonds is 5. The SMILES string of the molecule is CC(=O)Oc1cc(C=C(c2ccccc2)c2ccccc2)c2ccccc2c1OC(C)=O. The van der Waals surface area contributed by atoms with Crippen molar-refractivity contribution >= 4 is 34.4 Å². The molecule has 0 unspecified atom stereocenters. The van der Waals surface area contributed by atoms with Gasteiger partial charge < -0.3 is 9.47 Å². The molecule has 32 heavy (non-hydrogen) atoms. The second-order valence-corrected chi connectivity index (χ2v) is 7.32. The van der Waals surface area contributed by atoms with Crippen LogP contribution in [0.5, 0.6) is 11.5 Å². The Labute approximate surface area is 186 Å². The minimum Gasteiger partial charge on any atom is -0.423 e. The van der Waals surface area contributed by atoms with Gasteiger partial charge in [0.1, 0.15) is 0 Å². The average molecular weight is 422 g/mol. The predicted octanol–water partition coefficient (Wildman–Crippen LogP) is 6.28. The molecule has 0 amide bonds. The highest BCUT2D eigenvalue weighted by molar-refractivity contribution is 6.03. The zero-order valence-electron chi connectivity index (χ0n) is 17.9. The Balaban J connectivity index is 2.01. The Morgan fingerprint density at radius 3 is 1.69 bits per heavy atom. The molecule has 0 aliphatic carbocycles. The summed E-state index contributed by atoms with van der Waals surface area (Å²) in [7, 11) is 0. The molecule has 0 saturated carbocycles. The first-order valence-electron chi connectivity index (χ1n) is 10.3. The van der Waals surface area contributed by atoms with Crippen LogP contribution in [-0.4, -0.2) is 11.9 Å². The second-order valence-electron chi connectivity index (χ2n) is 7.32. The highest BCUT2D eigenvalue weighted by Crippen LogP contribution is 2.40. The molecule has 0 bridgehead atoms. The van der Waals surface area contributed by atoms with Crippen molar-refractivity contribution < 1.29 is 19.1 Å². The number of esters is 2. The third-order valence-electron chi connectivity index (χ3n) is 4.96. The van der Waals surface area contributed by atoms with E-state index in [2.05, 4.69) is 30.3 Å². The number of carbonyl (C=O) groups excluding carboxylic acids is 2. The number of hydrogen-bond donors (Lipinski definition) is 0. The lowest BCUT2D eigenvalue weighted by atomic mass is 9.93. The van der Waals surface area contributed by atoms with Crippen LogP contribution in [0.1, 0.15) is 30.5 Å². The molecule has 0 aliphatic heterocycles. The van der Waals surface area contributed by atoms with Crippen LogP contribution >= 0.6 is 0 Å². The Hall–Kier alpha value is -4.18. The Morgan fingerprint density at radius 2 is 1.16 bits per heavy atom. The Bertz CT molecular complexity index is 1260. The van der Waals surface area contributed by atoms with Gasteiger partial charge in [-0.05, 0) is 39.8 Å². The average Bonchev–Trinajstić information content (AvgIpc) is 2.80. The first kappa shape index (κ1) is 21.1. The van der Waals surface area contributed by atoms with E-state index in [9.17, 15) is 9.59 Å². The summed E-state index contributed by atoms with van der Waals surface area (Å²) in [5.41, 5.74) is 3.97. The molecule has 0 aliphatic rings. The highest BCUT2D eigenvalue weighted by atomic mass is 16.6. The van der Waals surface area contributed by atoms with E-state index in [1.54, 1.807) is 6.07 Å². The van der Waals surface area contributed by atoms with Crippen molar-refractivity contribution in [3.8, 4) is 11.5 Å². The van der Waals surface area contributed by atoms with Crippen LogP contribution in [0, 0.1) is 0 Å². The summed E-state index contributed by atoms with van der Waals surface area (Å²) >= 11 is 0. The van der Waals surface area contributed by atoms with E-state index in [-0.39, 0.29) is 11.5 Å². The quantitative estimate of drug-likeness (QED) is 0.216. The van der Waals surface area contributed by atoms with Gasteiger partial charge in [0.25, 0.3) is 0 Å². The fourth-order valence-corrected chi connectivity index (χ4v) is 3.67. The molecule has 0 radical (unpaired) electrons. The van der Waals surface area contributed by atoms with Crippen LogP contribution in [0.4, 0.5) is 0 Å². The molecule has 0 spiro atoms. The van der Waals surface area contributed by atoms with E-state index >= 15 is 0 Å². The van der Waals surface area contributed by atoms with E-state index in [0.29, 0.717) is 5.39 Å². The van der Waals surface area contributed by atoms with Crippen LogP contribution in [0.3, 0.4) is 0 Å². The molecule has 0 heterocycles. The van der Waals surface area contributed by atoms with Crippen molar-refractivity contribution in [3.63, 3.8) is 0 Å². The van der Waals surface area contributed by atoms with E-state index in [1.165, 1.54) is 13.8 Å². The maximum absolute atomic E-state index is 11.8. The fourth-order valence-electron chi connectivity index (χ4n) is 3.67. The number of ether oxygens (including phenoxy) is 2. The third kappa shape index (κ3) is 4.60. The number of carbonyl (C=O) groups is 2. The van der Waals surface area contributed by atoms with Gasteiger partial charge in [0, 0.05) is 19.2 Å². The van der Waals surface area contributed by atoms with Crippen molar-refractivity contribution in [2.24, 2.45) is 0 Å². The minimum atomic E-state index is -0.491. The lowest BCUT2D eigenvalue weighted by Gasteiger charge is -2.15. The van der Waals surface area contributed by atoms with Gasteiger partial charge in [0.15, 0.2) is 11.5 Å². The lowest BCUT2D eigenvalue weighted by Crippen LogP contribution is -2.08. The molecule has 158 valence electrons. The molecule has 4 aromatic rings. The van der Waals surface area contributed by atoms with Gasteiger partial charge in [-0.2, -0.15) is 0 Å². The van der Waals surface area contributed by atoms with E-state index in [0.717, 1.165) is 27.6 Å². The van der Waals surface area contributed by atoms with Crippen molar-refractivity contribution in [3.05, 3.63) is 108 Å². The lowest BCUT2D eigenvalue weighted by molar-refractivity contribution is -0.134. The summed E-state index contributed by atoms with van der Waals surface area (Å²) in [6, 6.07) is 29.5. The number of benzene rings is 4. The summed E-state index contributed by atoms with van der Waals surface area (Å²) in [5, 5.41) is 1.57. The largest absolute Gasteiger partial charge is 0.423 e. The van der Waals surface area contributed by atoms with E-state index in [4.69, 9.17) is 9.47 Å². The van der Waals surface area contributed by atoms with Crippen LogP contribution < -0.4 is 9.47 Å². The van der Waals surface area contributed by atoms with Gasteiger partial charge in [-0.3, -0.25) is 9.59 Å². The predicted molar refractivity (Wildman–Crippen MR) is 126 cm³/mol. The number of fused-ring (bicyclic) bond motifs is 1. The van der Waals surface area contributed by atoms with Crippen molar-refractivity contribution in [1.29, 1.82) is 0 Å². The molecule has 0 atom stereocenters. The van der Waals surface area contributed by atoms with Crippen molar-refractivity contribution in [1.82, 2.24) is 0 Å². The van der Waals surface area contributed by atoms with Gasteiger partial charge in [-0.1, -0.05) is 84.9 Å². The first-order valence-corrected chi connectivity index (χ1v) is 10.3.